The maximum absolute atomic E-state index is 11.1. The van der Waals surface area contributed by atoms with Crippen LogP contribution in [-0.4, -0.2) is 12.8 Å². The largest absolute Gasteiger partial charge is 0.309 e. The van der Waals surface area contributed by atoms with Crippen molar-refractivity contribution in [2.75, 3.05) is 12.8 Å². The van der Waals surface area contributed by atoms with Crippen molar-refractivity contribution in [1.82, 2.24) is 0 Å². The van der Waals surface area contributed by atoms with Crippen LogP contribution in [0.3, 0.4) is 0 Å². The lowest BCUT2D eigenvalue weighted by molar-refractivity contribution is 0.532. The summed E-state index contributed by atoms with van der Waals surface area (Å²) in [6.45, 7) is -0.206. The predicted molar refractivity (Wildman–Crippen MR) is 31.7 cm³/mol. The first-order valence-corrected chi connectivity index (χ1v) is 4.94. The van der Waals surface area contributed by atoms with E-state index in [0.717, 1.165) is 0 Å². The first-order valence-electron chi connectivity index (χ1n) is 1.66. The average Bonchev–Trinajstić information content (AvgIpc) is 1.61. The summed E-state index contributed by atoms with van der Waals surface area (Å²) in [7, 11) is 1.10. The molecule has 6 heavy (non-hydrogen) atoms. The summed E-state index contributed by atoms with van der Waals surface area (Å²) in [5.74, 6) is 0. The van der Waals surface area contributed by atoms with Crippen LogP contribution in [0, 0.1) is 0 Å². The van der Waals surface area contributed by atoms with Gasteiger partial charge in [0.25, 0.3) is 0 Å². The Kier molecular flexibility index (Phi) is 6.47. The van der Waals surface area contributed by atoms with Gasteiger partial charge in [0.15, 0.2) is 0 Å². The highest BCUT2D eigenvalue weighted by molar-refractivity contribution is 8.10. The minimum atomic E-state index is -0.206. The van der Waals surface area contributed by atoms with Gasteiger partial charge in [-0.05, 0) is 14.6 Å². The Hall–Kier alpha value is 0.750. The van der Waals surface area contributed by atoms with Crippen molar-refractivity contribution in [2.24, 2.45) is 5.50 Å². The maximum atomic E-state index is 11.1. The van der Waals surface area contributed by atoms with Gasteiger partial charge in [0.1, 0.15) is 0 Å². The lowest BCUT2D eigenvalue weighted by Gasteiger charge is -1.85. The summed E-state index contributed by atoms with van der Waals surface area (Å²) in [5, 5.41) is 0. The van der Waals surface area contributed by atoms with Gasteiger partial charge < -0.3 is 5.50 Å². The van der Waals surface area contributed by atoms with Crippen LogP contribution in [0.2, 0.25) is 0 Å². The molecule has 0 amide bonds. The second-order valence-corrected chi connectivity index (χ2v) is 3.83. The van der Waals surface area contributed by atoms with E-state index in [-0.39, 0.29) is 6.67 Å². The first kappa shape index (κ1) is 6.75. The van der Waals surface area contributed by atoms with Crippen molar-refractivity contribution >= 4 is 16.7 Å². The molecule has 0 aliphatic rings. The molecule has 38 valence electrons. The molecule has 2 N–H and O–H groups in total. The van der Waals surface area contributed by atoms with Crippen LogP contribution in [0.5, 0.6) is 0 Å². The normalized spacial score (nSPS) is 13.0. The Morgan fingerprint density at radius 2 is 2.33 bits per heavy atom. The Morgan fingerprint density at radius 1 is 1.67 bits per heavy atom. The summed E-state index contributed by atoms with van der Waals surface area (Å²) in [6.07, 6.45) is 0.662. The molecule has 0 rings (SSSR count). The zero-order chi connectivity index (χ0) is 4.83. The lowest BCUT2D eigenvalue weighted by Crippen LogP contribution is -1.73. The smallest absolute Gasteiger partial charge is 0.0934 e. The summed E-state index contributed by atoms with van der Waals surface area (Å²) in [5.41, 5.74) is 5.09. The van der Waals surface area contributed by atoms with Gasteiger partial charge in [0.2, 0.25) is 0 Å². The van der Waals surface area contributed by atoms with E-state index in [2.05, 4.69) is 0 Å². The van der Waals surface area contributed by atoms with Crippen LogP contribution in [-0.2, 0) is 0 Å². The van der Waals surface area contributed by atoms with Crippen molar-refractivity contribution in [1.29, 1.82) is 0 Å². The van der Waals surface area contributed by atoms with E-state index in [9.17, 15) is 4.39 Å². The predicted octanol–water partition coefficient (Wildman–Crippen LogP) is 1.10. The summed E-state index contributed by atoms with van der Waals surface area (Å²) in [4.78, 5) is 0. The number of hydrogen-bond acceptors (Lipinski definition) is 1. The first-order chi connectivity index (χ1) is 2.91. The molecule has 2 atom stereocenters. The Labute approximate surface area is 40.4 Å². The average molecular weight is 127 g/mol. The molecule has 0 aliphatic carbocycles. The summed E-state index contributed by atoms with van der Waals surface area (Å²) >= 11 is 0. The van der Waals surface area contributed by atoms with Crippen molar-refractivity contribution < 1.29 is 4.39 Å². The van der Waals surface area contributed by atoms with Gasteiger partial charge in [0.05, 0.1) is 6.67 Å². The van der Waals surface area contributed by atoms with Crippen LogP contribution in [0.1, 0.15) is 0 Å². The summed E-state index contributed by atoms with van der Waals surface area (Å²) in [6, 6.07) is 0. The quantitative estimate of drug-likeness (QED) is 0.445. The Bertz CT molecular complexity index is 23.5. The van der Waals surface area contributed by atoms with Gasteiger partial charge in [-0.25, -0.2) is 0 Å². The molecule has 0 aliphatic heterocycles. The molecule has 0 fully saturated rings. The molecule has 0 saturated carbocycles. The number of rotatable bonds is 3. The van der Waals surface area contributed by atoms with Gasteiger partial charge >= 0.3 is 0 Å². The third-order valence-electron chi connectivity index (χ3n) is 0.322. The molecule has 0 spiro atoms. The minimum Gasteiger partial charge on any atom is -0.309 e. The molecule has 2 unspecified atom stereocenters. The standard InChI is InChI=1S/C2H8FNP2/c3-1-2-5-6-4/h5-6H,1-2,4H2. The highest BCUT2D eigenvalue weighted by atomic mass is 32.0. The van der Waals surface area contributed by atoms with E-state index in [1.54, 1.807) is 0 Å². The van der Waals surface area contributed by atoms with E-state index in [1.165, 1.54) is 0 Å². The third-order valence-corrected chi connectivity index (χ3v) is 2.33. The van der Waals surface area contributed by atoms with Gasteiger partial charge in [-0.15, -0.1) is 0 Å². The zero-order valence-corrected chi connectivity index (χ0v) is 5.37. The molecular weight excluding hydrogens is 119 g/mol. The molecule has 1 nitrogen and oxygen atoms in total. The van der Waals surface area contributed by atoms with Crippen LogP contribution >= 0.6 is 16.7 Å². The minimum absolute atomic E-state index is 0.206. The second kappa shape index (κ2) is 5.75. The third kappa shape index (κ3) is 4.75. The van der Waals surface area contributed by atoms with E-state index in [1.807, 2.05) is 0 Å². The van der Waals surface area contributed by atoms with Gasteiger partial charge in [0, 0.05) is 0 Å². The van der Waals surface area contributed by atoms with E-state index < -0.39 is 0 Å². The van der Waals surface area contributed by atoms with E-state index in [4.69, 9.17) is 5.50 Å². The highest BCUT2D eigenvalue weighted by Gasteiger charge is 1.77. The molecule has 0 aromatic rings. The Morgan fingerprint density at radius 3 is 2.50 bits per heavy atom. The van der Waals surface area contributed by atoms with Crippen LogP contribution in [0.25, 0.3) is 0 Å². The van der Waals surface area contributed by atoms with Crippen molar-refractivity contribution in [2.45, 2.75) is 0 Å². The molecule has 0 aromatic heterocycles. The topological polar surface area (TPSA) is 26.0 Å². The molecule has 0 radical (unpaired) electrons. The van der Waals surface area contributed by atoms with Gasteiger partial charge in [-0.2, -0.15) is 0 Å². The number of halogens is 1. The molecular formula is C2H8FNP2. The van der Waals surface area contributed by atoms with Crippen molar-refractivity contribution in [3.63, 3.8) is 0 Å². The lowest BCUT2D eigenvalue weighted by atomic mass is 10.9. The zero-order valence-electron chi connectivity index (χ0n) is 3.37. The van der Waals surface area contributed by atoms with E-state index in [0.29, 0.717) is 22.9 Å². The number of hydrogen-bond donors (Lipinski definition) is 1. The van der Waals surface area contributed by atoms with E-state index >= 15 is 0 Å². The molecule has 0 bridgehead atoms. The highest BCUT2D eigenvalue weighted by Crippen LogP contribution is 2.28. The van der Waals surface area contributed by atoms with Crippen LogP contribution in [0.15, 0.2) is 0 Å². The van der Waals surface area contributed by atoms with Crippen LogP contribution < -0.4 is 5.50 Å². The number of alkyl halides is 1. The molecule has 0 aromatic carbocycles. The maximum Gasteiger partial charge on any atom is 0.0934 e. The van der Waals surface area contributed by atoms with Crippen molar-refractivity contribution in [3.05, 3.63) is 0 Å². The van der Waals surface area contributed by atoms with Crippen LogP contribution in [0.4, 0.5) is 4.39 Å². The molecule has 0 saturated heterocycles. The van der Waals surface area contributed by atoms with Crippen molar-refractivity contribution in [3.8, 4) is 0 Å². The second-order valence-electron chi connectivity index (χ2n) is 0.760. The molecule has 0 heterocycles. The monoisotopic (exact) mass is 127 g/mol. The fourth-order valence-corrected chi connectivity index (χ4v) is 1.07. The fourth-order valence-electron chi connectivity index (χ4n) is 0.119. The van der Waals surface area contributed by atoms with Gasteiger partial charge in [-0.1, -0.05) is 8.27 Å². The van der Waals surface area contributed by atoms with Gasteiger partial charge in [-0.3, -0.25) is 4.39 Å². The summed E-state index contributed by atoms with van der Waals surface area (Å²) < 4.78 is 11.1. The number of nitrogens with two attached hydrogens (primary N) is 1. The molecule has 4 heteroatoms. The fraction of sp³-hybridized carbons (Fsp3) is 1.00. The SMILES string of the molecule is NPPCCF. The Balaban J connectivity index is 2.34.